The van der Waals surface area contributed by atoms with E-state index in [1.54, 1.807) is 20.8 Å². The highest BCUT2D eigenvalue weighted by Gasteiger charge is 2.39. The van der Waals surface area contributed by atoms with Crippen molar-refractivity contribution in [3.05, 3.63) is 36.5 Å². The van der Waals surface area contributed by atoms with E-state index in [4.69, 9.17) is 28.4 Å². The van der Waals surface area contributed by atoms with Crippen molar-refractivity contribution in [1.29, 1.82) is 0 Å². The molecule has 8 atom stereocenters. The second-order valence-electron chi connectivity index (χ2n) is 20.8. The van der Waals surface area contributed by atoms with Crippen LogP contribution in [-0.2, 0) is 42.8 Å². The molecule has 0 saturated carbocycles. The molecule has 0 spiro atoms. The number of ether oxygens (including phenoxy) is 6. The molecule has 0 radical (unpaired) electrons. The van der Waals surface area contributed by atoms with E-state index >= 15 is 0 Å². The van der Waals surface area contributed by atoms with E-state index in [1.165, 1.54) is 0 Å². The van der Waals surface area contributed by atoms with E-state index in [2.05, 4.69) is 131 Å². The summed E-state index contributed by atoms with van der Waals surface area (Å²) < 4.78 is 40.3. The van der Waals surface area contributed by atoms with Gasteiger partial charge < -0.3 is 39.1 Å². The first-order valence-corrected chi connectivity index (χ1v) is 26.4. The third kappa shape index (κ3) is 26.2. The molecule has 13 heteroatoms. The Bertz CT molecular complexity index is 1440. The molecule has 0 aromatic heterocycles. The Labute approximate surface area is 393 Å². The molecular weight excluding hydrogens is 831 g/mol. The van der Waals surface area contributed by atoms with Gasteiger partial charge >= 0.3 is 17.9 Å². The van der Waals surface area contributed by atoms with Crippen LogP contribution in [0.2, 0.25) is 0 Å². The Morgan fingerprint density at radius 2 is 1.20 bits per heavy atom. The highest BCUT2D eigenvalue weighted by atomic mass is 32.3. The lowest BCUT2D eigenvalue weighted by Crippen LogP contribution is -2.49. The van der Waals surface area contributed by atoms with E-state index in [9.17, 15) is 14.4 Å². The summed E-state index contributed by atoms with van der Waals surface area (Å²) >= 11 is 0. The van der Waals surface area contributed by atoms with Crippen molar-refractivity contribution < 1.29 is 42.8 Å². The Hall–Kier alpha value is -2.26. The van der Waals surface area contributed by atoms with Crippen LogP contribution in [0, 0.1) is 35.0 Å². The molecular formula is C51H97N3O9S. The Morgan fingerprint density at radius 3 is 1.69 bits per heavy atom. The maximum absolute atomic E-state index is 12.0. The summed E-state index contributed by atoms with van der Waals surface area (Å²) in [5.74, 6) is 0.471. The first kappa shape index (κ1) is 61.7. The highest BCUT2D eigenvalue weighted by molar-refractivity contribution is 8.30. The van der Waals surface area contributed by atoms with Crippen LogP contribution in [0.4, 0.5) is 0 Å². The van der Waals surface area contributed by atoms with Crippen LogP contribution in [-0.4, -0.2) is 119 Å². The van der Waals surface area contributed by atoms with Crippen molar-refractivity contribution in [2.24, 2.45) is 35.0 Å². The van der Waals surface area contributed by atoms with Gasteiger partial charge in [-0.15, -0.1) is 0 Å². The van der Waals surface area contributed by atoms with Crippen LogP contribution >= 0.6 is 10.2 Å². The number of hydrogen-bond acceptors (Lipinski definition) is 12. The molecule has 0 heterocycles. The lowest BCUT2D eigenvalue weighted by Gasteiger charge is -2.43. The summed E-state index contributed by atoms with van der Waals surface area (Å²) in [7, 11) is -1.30. The number of nitrogens with one attached hydrogen (secondary N) is 3. The van der Waals surface area contributed by atoms with Crippen LogP contribution in [0.3, 0.4) is 0 Å². The monoisotopic (exact) mass is 928 g/mol. The molecule has 0 saturated heterocycles. The molecule has 0 fully saturated rings. The lowest BCUT2D eigenvalue weighted by molar-refractivity contribution is -0.141. The van der Waals surface area contributed by atoms with Crippen LogP contribution in [0.15, 0.2) is 36.5 Å². The first-order valence-electron chi connectivity index (χ1n) is 23.8. The third-order valence-electron chi connectivity index (χ3n) is 12.4. The topological polar surface area (TPSA) is 143 Å². The van der Waals surface area contributed by atoms with E-state index in [0.29, 0.717) is 75.4 Å². The summed E-state index contributed by atoms with van der Waals surface area (Å²) in [6.07, 6.45) is 8.75. The molecule has 0 aromatic carbocycles. The summed E-state index contributed by atoms with van der Waals surface area (Å²) in [6.45, 7) is 47.1. The van der Waals surface area contributed by atoms with Crippen molar-refractivity contribution in [2.45, 2.75) is 159 Å². The van der Waals surface area contributed by atoms with Gasteiger partial charge in [0.2, 0.25) is 0 Å². The molecule has 0 rings (SSSR count). The van der Waals surface area contributed by atoms with Crippen molar-refractivity contribution in [1.82, 2.24) is 15.4 Å². The van der Waals surface area contributed by atoms with Gasteiger partial charge in [-0.25, -0.2) is 14.4 Å². The SMILES string of the molecule is C=C(C)C(=O)OCC(C)CNC(C)(C)C(C)COCC(CC)(CC(CC)OCS(C)(C)NCC(C)COC(=O)C(=C)C)CC(C)(C)OCC(C)C(C)NCC(CC)COC(=O)C(=C)C. The average Bonchev–Trinajstić information content (AvgIpc) is 3.23. The van der Waals surface area contributed by atoms with Crippen molar-refractivity contribution in [3.63, 3.8) is 0 Å². The van der Waals surface area contributed by atoms with Crippen LogP contribution in [0.5, 0.6) is 0 Å². The van der Waals surface area contributed by atoms with Crippen LogP contribution in [0.25, 0.3) is 0 Å². The van der Waals surface area contributed by atoms with Crippen molar-refractivity contribution >= 4 is 28.1 Å². The van der Waals surface area contributed by atoms with Crippen LogP contribution < -0.4 is 15.4 Å². The minimum Gasteiger partial charge on any atom is -0.462 e. The van der Waals surface area contributed by atoms with E-state index in [0.717, 1.165) is 38.6 Å². The molecule has 3 N–H and O–H groups in total. The molecule has 376 valence electrons. The van der Waals surface area contributed by atoms with Gasteiger partial charge in [0.05, 0.1) is 57.3 Å². The maximum Gasteiger partial charge on any atom is 0.333 e. The molecule has 0 aliphatic rings. The summed E-state index contributed by atoms with van der Waals surface area (Å²) in [4.78, 5) is 35.8. The maximum atomic E-state index is 12.0. The zero-order valence-electron chi connectivity index (χ0n) is 43.9. The molecule has 12 nitrogen and oxygen atoms in total. The highest BCUT2D eigenvalue weighted by Crippen LogP contribution is 2.42. The van der Waals surface area contributed by atoms with Gasteiger partial charge in [0.15, 0.2) is 0 Å². The summed E-state index contributed by atoms with van der Waals surface area (Å²) in [5.41, 5.74) is 0.330. The van der Waals surface area contributed by atoms with Crippen molar-refractivity contribution in [3.8, 4) is 0 Å². The van der Waals surface area contributed by atoms with Gasteiger partial charge in [-0.1, -0.05) is 68.2 Å². The predicted molar refractivity (Wildman–Crippen MR) is 268 cm³/mol. The predicted octanol–water partition coefficient (Wildman–Crippen LogP) is 9.57. The summed E-state index contributed by atoms with van der Waals surface area (Å²) in [6, 6.07) is 0.195. The fourth-order valence-corrected chi connectivity index (χ4v) is 8.10. The van der Waals surface area contributed by atoms with Gasteiger partial charge in [0, 0.05) is 65.7 Å². The van der Waals surface area contributed by atoms with Gasteiger partial charge in [-0.3, -0.25) is 4.72 Å². The quantitative estimate of drug-likeness (QED) is 0.0310. The minimum absolute atomic E-state index is 0.0159. The lowest BCUT2D eigenvalue weighted by atomic mass is 9.72. The third-order valence-corrected chi connectivity index (χ3v) is 14.1. The molecule has 0 amide bonds. The van der Waals surface area contributed by atoms with Crippen molar-refractivity contribution in [2.75, 3.05) is 77.7 Å². The Balaban J connectivity index is 5.96. The molecule has 0 aromatic rings. The molecule has 0 aliphatic heterocycles. The fourth-order valence-electron chi connectivity index (χ4n) is 6.75. The smallest absolute Gasteiger partial charge is 0.333 e. The number of esters is 3. The zero-order chi connectivity index (χ0) is 49.5. The van der Waals surface area contributed by atoms with Gasteiger partial charge in [-0.2, -0.15) is 10.2 Å². The number of carbonyl (C=O) groups is 3. The van der Waals surface area contributed by atoms with E-state index in [-0.39, 0.29) is 70.6 Å². The second kappa shape index (κ2) is 30.2. The number of hydrogen-bond donors (Lipinski definition) is 3. The molecule has 0 bridgehead atoms. The normalized spacial score (nSPS) is 16.9. The van der Waals surface area contributed by atoms with E-state index < -0.39 is 15.8 Å². The molecule has 8 unspecified atom stereocenters. The van der Waals surface area contributed by atoms with Crippen LogP contribution in [0.1, 0.15) is 136 Å². The summed E-state index contributed by atoms with van der Waals surface area (Å²) in [5, 5.41) is 7.36. The average molecular weight is 928 g/mol. The number of carbonyl (C=O) groups excluding carboxylic acids is 3. The zero-order valence-corrected chi connectivity index (χ0v) is 44.7. The van der Waals surface area contributed by atoms with Gasteiger partial charge in [-0.05, 0) is 117 Å². The minimum atomic E-state index is -1.30. The largest absolute Gasteiger partial charge is 0.462 e. The Kier molecular flexibility index (Phi) is 29.1. The molecule has 64 heavy (non-hydrogen) atoms. The fraction of sp³-hybridized carbons (Fsp3) is 0.824. The van der Waals surface area contributed by atoms with Gasteiger partial charge in [0.25, 0.3) is 0 Å². The van der Waals surface area contributed by atoms with E-state index in [1.807, 2.05) is 0 Å². The Morgan fingerprint density at radius 1 is 0.688 bits per heavy atom. The first-order chi connectivity index (χ1) is 29.5. The second-order valence-corrected chi connectivity index (χ2v) is 24.4. The van der Waals surface area contributed by atoms with Gasteiger partial charge in [0.1, 0.15) is 0 Å². The molecule has 0 aliphatic carbocycles. The standard InChI is InChI=1S/C51H97N3O9S/c1-21-44(32-61-48(57)38(8)9)27-52-43(14)41(12)30-63-49(15,16)33-51(23-3,34-58-31-42(13)50(17,18)53-25-39(10)28-59-46(55)36(4)5)24-45(22-2)62-35-64(19,20)54-26-40(11)29-60-47(56)37(6)7/h39-45,52-54H,4,6,8,21-35H2,1-3,5,7,9-20H3. The number of rotatable bonds is 37.